The predicted molar refractivity (Wildman–Crippen MR) is 92.3 cm³/mol. The molecule has 6 heteroatoms. The second kappa shape index (κ2) is 9.88. The summed E-state index contributed by atoms with van der Waals surface area (Å²) in [4.78, 5) is 14.7. The van der Waals surface area contributed by atoms with Gasteiger partial charge in [0.25, 0.3) is 0 Å². The topological polar surface area (TPSA) is 58.4 Å². The molecule has 2 atom stereocenters. The van der Waals surface area contributed by atoms with E-state index in [9.17, 15) is 4.79 Å². The van der Waals surface area contributed by atoms with Gasteiger partial charge in [-0.2, -0.15) is 0 Å². The van der Waals surface area contributed by atoms with Crippen LogP contribution >= 0.6 is 24.8 Å². The second-order valence-corrected chi connectivity index (χ2v) is 6.75. The van der Waals surface area contributed by atoms with Crippen LogP contribution in [-0.4, -0.2) is 42.5 Å². The SMILES string of the molecule is CC(C)CN1CCC(NC(=O)C2CCC(N)C2)CC1.Cl.Cl. The number of nitrogens with two attached hydrogens (primary N) is 1. The van der Waals surface area contributed by atoms with Crippen molar-refractivity contribution in [1.82, 2.24) is 10.2 Å². The van der Waals surface area contributed by atoms with Crippen LogP contribution < -0.4 is 11.1 Å². The van der Waals surface area contributed by atoms with Gasteiger partial charge in [0.2, 0.25) is 5.91 Å². The number of rotatable bonds is 4. The molecule has 0 radical (unpaired) electrons. The van der Waals surface area contributed by atoms with E-state index in [2.05, 4.69) is 24.1 Å². The maximum Gasteiger partial charge on any atom is 0.223 e. The third kappa shape index (κ3) is 6.72. The monoisotopic (exact) mass is 339 g/mol. The van der Waals surface area contributed by atoms with Gasteiger partial charge in [0.1, 0.15) is 0 Å². The quantitative estimate of drug-likeness (QED) is 0.825. The van der Waals surface area contributed by atoms with Crippen LogP contribution in [0.15, 0.2) is 0 Å². The minimum absolute atomic E-state index is 0. The van der Waals surface area contributed by atoms with Gasteiger partial charge in [0.05, 0.1) is 0 Å². The average molecular weight is 340 g/mol. The summed E-state index contributed by atoms with van der Waals surface area (Å²) in [5.74, 6) is 1.14. The molecule has 1 saturated heterocycles. The van der Waals surface area contributed by atoms with Crippen LogP contribution in [0.2, 0.25) is 0 Å². The van der Waals surface area contributed by atoms with E-state index in [1.54, 1.807) is 0 Å². The minimum Gasteiger partial charge on any atom is -0.353 e. The van der Waals surface area contributed by atoms with Crippen molar-refractivity contribution in [1.29, 1.82) is 0 Å². The molecule has 0 aromatic carbocycles. The van der Waals surface area contributed by atoms with E-state index in [0.717, 1.165) is 51.1 Å². The molecule has 0 spiro atoms. The molecule has 1 amide bonds. The maximum atomic E-state index is 12.1. The second-order valence-electron chi connectivity index (χ2n) is 6.75. The van der Waals surface area contributed by atoms with Crippen molar-refractivity contribution in [2.75, 3.05) is 19.6 Å². The van der Waals surface area contributed by atoms with E-state index >= 15 is 0 Å². The third-order valence-electron chi connectivity index (χ3n) is 4.40. The fraction of sp³-hybridized carbons (Fsp3) is 0.933. The Balaban J connectivity index is 0.00000200. The lowest BCUT2D eigenvalue weighted by Crippen LogP contribution is -2.46. The van der Waals surface area contributed by atoms with Crippen LogP contribution in [0.25, 0.3) is 0 Å². The molecule has 3 N–H and O–H groups in total. The fourth-order valence-corrected chi connectivity index (χ4v) is 3.35. The molecule has 1 heterocycles. The van der Waals surface area contributed by atoms with Crippen LogP contribution in [-0.2, 0) is 4.79 Å². The van der Waals surface area contributed by atoms with Crippen molar-refractivity contribution >= 4 is 30.7 Å². The van der Waals surface area contributed by atoms with Crippen molar-refractivity contribution < 1.29 is 4.79 Å². The van der Waals surface area contributed by atoms with Gasteiger partial charge in [-0.1, -0.05) is 13.8 Å². The summed E-state index contributed by atoms with van der Waals surface area (Å²) < 4.78 is 0. The van der Waals surface area contributed by atoms with E-state index in [1.807, 2.05) is 0 Å². The summed E-state index contributed by atoms with van der Waals surface area (Å²) in [6, 6.07) is 0.622. The van der Waals surface area contributed by atoms with Gasteiger partial charge in [-0.05, 0) is 38.0 Å². The fourth-order valence-electron chi connectivity index (χ4n) is 3.35. The average Bonchev–Trinajstić information content (AvgIpc) is 2.78. The number of amides is 1. The molecule has 4 nitrogen and oxygen atoms in total. The highest BCUT2D eigenvalue weighted by Gasteiger charge is 2.29. The molecule has 126 valence electrons. The van der Waals surface area contributed by atoms with Gasteiger partial charge >= 0.3 is 0 Å². The molecule has 2 unspecified atom stereocenters. The van der Waals surface area contributed by atoms with Crippen LogP contribution in [0, 0.1) is 11.8 Å². The number of hydrogen-bond acceptors (Lipinski definition) is 3. The highest BCUT2D eigenvalue weighted by Crippen LogP contribution is 2.24. The molecule has 0 bridgehead atoms. The third-order valence-corrected chi connectivity index (χ3v) is 4.40. The number of halogens is 2. The number of hydrogen-bond donors (Lipinski definition) is 2. The number of nitrogens with zero attached hydrogens (tertiary/aromatic N) is 1. The van der Waals surface area contributed by atoms with E-state index in [4.69, 9.17) is 5.73 Å². The lowest BCUT2D eigenvalue weighted by Gasteiger charge is -2.33. The first-order valence-electron chi connectivity index (χ1n) is 7.83. The first-order valence-corrected chi connectivity index (χ1v) is 7.83. The number of piperidine rings is 1. The molecule has 1 saturated carbocycles. The summed E-state index contributed by atoms with van der Waals surface area (Å²) in [6.45, 7) is 7.94. The zero-order valence-electron chi connectivity index (χ0n) is 13.2. The Hall–Kier alpha value is -0.0300. The smallest absolute Gasteiger partial charge is 0.223 e. The van der Waals surface area contributed by atoms with Gasteiger partial charge in [-0.3, -0.25) is 4.79 Å². The van der Waals surface area contributed by atoms with Crippen LogP contribution in [0.4, 0.5) is 0 Å². The van der Waals surface area contributed by atoms with Gasteiger partial charge in [-0.15, -0.1) is 24.8 Å². The zero-order valence-corrected chi connectivity index (χ0v) is 14.8. The van der Waals surface area contributed by atoms with Gasteiger partial charge < -0.3 is 16.0 Å². The Labute approximate surface area is 141 Å². The Morgan fingerprint density at radius 1 is 1.19 bits per heavy atom. The molecule has 2 fully saturated rings. The summed E-state index contributed by atoms with van der Waals surface area (Å²) in [5.41, 5.74) is 5.87. The summed E-state index contributed by atoms with van der Waals surface area (Å²) in [7, 11) is 0. The minimum atomic E-state index is 0. The van der Waals surface area contributed by atoms with Crippen molar-refractivity contribution in [2.24, 2.45) is 17.6 Å². The molecule has 0 aromatic heterocycles. The predicted octanol–water partition coefficient (Wildman–Crippen LogP) is 2.19. The van der Waals surface area contributed by atoms with Crippen molar-refractivity contribution in [3.63, 3.8) is 0 Å². The number of carbonyl (C=O) groups excluding carboxylic acids is 1. The van der Waals surface area contributed by atoms with Crippen LogP contribution in [0.3, 0.4) is 0 Å². The van der Waals surface area contributed by atoms with Crippen LogP contribution in [0.5, 0.6) is 0 Å². The summed E-state index contributed by atoms with van der Waals surface area (Å²) >= 11 is 0. The zero-order chi connectivity index (χ0) is 13.8. The highest BCUT2D eigenvalue weighted by molar-refractivity contribution is 5.85. The summed E-state index contributed by atoms with van der Waals surface area (Å²) in [5, 5.41) is 3.23. The van der Waals surface area contributed by atoms with Gasteiger partial charge in [0.15, 0.2) is 0 Å². The normalized spacial score (nSPS) is 27.0. The van der Waals surface area contributed by atoms with E-state index in [-0.39, 0.29) is 42.7 Å². The maximum absolute atomic E-state index is 12.1. The van der Waals surface area contributed by atoms with Crippen LogP contribution in [0.1, 0.15) is 46.0 Å². The van der Waals surface area contributed by atoms with Crippen molar-refractivity contribution in [3.05, 3.63) is 0 Å². The molecule has 1 aliphatic carbocycles. The Bertz CT molecular complexity index is 307. The Morgan fingerprint density at radius 2 is 1.81 bits per heavy atom. The van der Waals surface area contributed by atoms with Gasteiger partial charge in [0, 0.05) is 37.6 Å². The van der Waals surface area contributed by atoms with E-state index in [0.29, 0.717) is 6.04 Å². The molecule has 2 aliphatic rings. The molecule has 1 aliphatic heterocycles. The van der Waals surface area contributed by atoms with Crippen molar-refractivity contribution in [2.45, 2.75) is 58.0 Å². The molecule has 2 rings (SSSR count). The standard InChI is InChI=1S/C15H29N3O.2ClH/c1-11(2)10-18-7-5-14(6-8-18)17-15(19)12-3-4-13(16)9-12;;/h11-14H,3-10,16H2,1-2H3,(H,17,19);2*1H. The Morgan fingerprint density at radius 3 is 2.29 bits per heavy atom. The first-order chi connectivity index (χ1) is 9.04. The Kier molecular flexibility index (Phi) is 9.87. The number of carbonyl (C=O) groups is 1. The van der Waals surface area contributed by atoms with E-state index < -0.39 is 0 Å². The van der Waals surface area contributed by atoms with Crippen molar-refractivity contribution in [3.8, 4) is 0 Å². The lowest BCUT2D eigenvalue weighted by atomic mass is 10.0. The molecular weight excluding hydrogens is 309 g/mol. The largest absolute Gasteiger partial charge is 0.353 e. The van der Waals surface area contributed by atoms with Gasteiger partial charge in [-0.25, -0.2) is 0 Å². The molecule has 0 aromatic rings. The first kappa shape index (κ1) is 21.0. The summed E-state index contributed by atoms with van der Waals surface area (Å²) in [6.07, 6.45) is 5.04. The molecule has 21 heavy (non-hydrogen) atoms. The lowest BCUT2D eigenvalue weighted by molar-refractivity contribution is -0.125. The number of nitrogens with one attached hydrogen (secondary N) is 1. The highest BCUT2D eigenvalue weighted by atomic mass is 35.5. The number of likely N-dealkylation sites (tertiary alicyclic amines) is 1. The molecular formula is C15H31Cl2N3O. The van der Waals surface area contributed by atoms with E-state index in [1.165, 1.54) is 6.54 Å².